The molecule has 0 aromatic carbocycles. The summed E-state index contributed by atoms with van der Waals surface area (Å²) in [7, 11) is 0. The van der Waals surface area contributed by atoms with Crippen molar-refractivity contribution in [3.63, 3.8) is 0 Å². The van der Waals surface area contributed by atoms with Crippen LogP contribution < -0.4 is 0 Å². The van der Waals surface area contributed by atoms with E-state index >= 15 is 0 Å². The quantitative estimate of drug-likeness (QED) is 0.907. The summed E-state index contributed by atoms with van der Waals surface area (Å²) >= 11 is 0. The predicted octanol–water partition coefficient (Wildman–Crippen LogP) is 2.55. The first-order chi connectivity index (χ1) is 9.06. The van der Waals surface area contributed by atoms with Crippen molar-refractivity contribution in [1.82, 2.24) is 14.9 Å². The molecule has 1 unspecified atom stereocenters. The summed E-state index contributed by atoms with van der Waals surface area (Å²) in [6.45, 7) is 5.44. The molecule has 1 saturated heterocycles. The number of aromatic nitrogens is 2. The van der Waals surface area contributed by atoms with Gasteiger partial charge < -0.3 is 9.88 Å². The molecule has 1 aliphatic heterocycles. The third-order valence-electron chi connectivity index (χ3n) is 4.83. The van der Waals surface area contributed by atoms with Crippen LogP contribution in [0.25, 0.3) is 0 Å². The van der Waals surface area contributed by atoms with Crippen molar-refractivity contribution >= 4 is 5.91 Å². The second-order valence-electron chi connectivity index (χ2n) is 7.16. The standard InChI is InChI=1S/C15H21N3O/c1-15(2)8-18(12(15)9-3-4-9)14(19)11-7-16-13(17-11)10-5-6-10/h7,9-10,12H,3-6,8H2,1-2H3,(H,16,17). The molecule has 1 aromatic rings. The maximum Gasteiger partial charge on any atom is 0.272 e. The topological polar surface area (TPSA) is 49.0 Å². The number of rotatable bonds is 3. The summed E-state index contributed by atoms with van der Waals surface area (Å²) in [5, 5.41) is 0. The van der Waals surface area contributed by atoms with Crippen molar-refractivity contribution in [2.75, 3.05) is 6.54 Å². The number of carbonyl (C=O) groups is 1. The van der Waals surface area contributed by atoms with Gasteiger partial charge in [-0.3, -0.25) is 4.79 Å². The summed E-state index contributed by atoms with van der Waals surface area (Å²) in [4.78, 5) is 22.2. The highest BCUT2D eigenvalue weighted by Gasteiger charge is 2.54. The maximum atomic E-state index is 12.6. The van der Waals surface area contributed by atoms with E-state index in [1.165, 1.54) is 25.7 Å². The number of hydrogen-bond donors (Lipinski definition) is 1. The molecule has 3 aliphatic rings. The largest absolute Gasteiger partial charge is 0.338 e. The van der Waals surface area contributed by atoms with Gasteiger partial charge in [0, 0.05) is 23.9 Å². The zero-order valence-electron chi connectivity index (χ0n) is 11.6. The van der Waals surface area contributed by atoms with Crippen LogP contribution in [0.15, 0.2) is 6.20 Å². The van der Waals surface area contributed by atoms with Crippen LogP contribution in [-0.4, -0.2) is 33.4 Å². The minimum atomic E-state index is 0.149. The Kier molecular flexibility index (Phi) is 2.19. The normalized spacial score (nSPS) is 29.2. The molecule has 4 nitrogen and oxygen atoms in total. The van der Waals surface area contributed by atoms with Gasteiger partial charge in [-0.15, -0.1) is 0 Å². The molecule has 1 amide bonds. The van der Waals surface area contributed by atoms with Crippen molar-refractivity contribution in [1.29, 1.82) is 0 Å². The number of carbonyl (C=O) groups excluding carboxylic acids is 1. The third kappa shape index (κ3) is 1.80. The molecule has 1 atom stereocenters. The van der Waals surface area contributed by atoms with Crippen molar-refractivity contribution < 1.29 is 4.79 Å². The van der Waals surface area contributed by atoms with Crippen molar-refractivity contribution in [3.8, 4) is 0 Å². The van der Waals surface area contributed by atoms with Crippen LogP contribution in [0.5, 0.6) is 0 Å². The fourth-order valence-corrected chi connectivity index (χ4v) is 3.61. The first-order valence-electron chi connectivity index (χ1n) is 7.42. The highest BCUT2D eigenvalue weighted by Crippen LogP contribution is 2.50. The van der Waals surface area contributed by atoms with E-state index in [9.17, 15) is 4.79 Å². The molecule has 1 aromatic heterocycles. The lowest BCUT2D eigenvalue weighted by molar-refractivity contribution is -0.0412. The molecule has 0 spiro atoms. The summed E-state index contributed by atoms with van der Waals surface area (Å²) in [5.41, 5.74) is 0.971. The summed E-state index contributed by atoms with van der Waals surface area (Å²) in [6, 6.07) is 0.438. The molecular formula is C15H21N3O. The molecular weight excluding hydrogens is 238 g/mol. The van der Waals surface area contributed by atoms with Crippen LogP contribution in [0.2, 0.25) is 0 Å². The van der Waals surface area contributed by atoms with Gasteiger partial charge in [0.25, 0.3) is 5.91 Å². The average Bonchev–Trinajstić information content (AvgIpc) is 3.27. The first-order valence-corrected chi connectivity index (χ1v) is 7.42. The number of nitrogens with zero attached hydrogens (tertiary/aromatic N) is 2. The van der Waals surface area contributed by atoms with E-state index < -0.39 is 0 Å². The van der Waals surface area contributed by atoms with Gasteiger partial charge in [-0.1, -0.05) is 13.8 Å². The monoisotopic (exact) mass is 259 g/mol. The number of amides is 1. The van der Waals surface area contributed by atoms with Crippen LogP contribution in [0.4, 0.5) is 0 Å². The Morgan fingerprint density at radius 1 is 1.37 bits per heavy atom. The molecule has 4 heteroatoms. The summed E-state index contributed by atoms with van der Waals surface area (Å²) in [5.74, 6) is 2.47. The van der Waals surface area contributed by atoms with E-state index in [0.717, 1.165) is 18.3 Å². The van der Waals surface area contributed by atoms with Gasteiger partial charge in [0.15, 0.2) is 0 Å². The molecule has 3 fully saturated rings. The van der Waals surface area contributed by atoms with E-state index in [-0.39, 0.29) is 11.3 Å². The number of aromatic amines is 1. The Balaban J connectivity index is 1.53. The number of imidazole rings is 1. The van der Waals surface area contributed by atoms with E-state index in [4.69, 9.17) is 0 Å². The van der Waals surface area contributed by atoms with Crippen molar-refractivity contribution in [3.05, 3.63) is 17.7 Å². The number of nitrogens with one attached hydrogen (secondary N) is 1. The maximum absolute atomic E-state index is 12.6. The second kappa shape index (κ2) is 3.62. The highest BCUT2D eigenvalue weighted by molar-refractivity contribution is 5.93. The molecule has 0 bridgehead atoms. The van der Waals surface area contributed by atoms with Gasteiger partial charge in [0.05, 0.1) is 6.20 Å². The molecule has 2 aliphatic carbocycles. The number of H-pyrrole nitrogens is 1. The minimum absolute atomic E-state index is 0.149. The van der Waals surface area contributed by atoms with E-state index in [1.54, 1.807) is 6.20 Å². The Morgan fingerprint density at radius 3 is 2.68 bits per heavy atom. The highest BCUT2D eigenvalue weighted by atomic mass is 16.2. The van der Waals surface area contributed by atoms with Crippen LogP contribution in [0, 0.1) is 11.3 Å². The first kappa shape index (κ1) is 11.5. The Labute approximate surface area is 113 Å². The lowest BCUT2D eigenvalue weighted by Gasteiger charge is -2.54. The number of likely N-dealkylation sites (tertiary alicyclic amines) is 1. The number of hydrogen-bond acceptors (Lipinski definition) is 2. The average molecular weight is 259 g/mol. The zero-order chi connectivity index (χ0) is 13.2. The zero-order valence-corrected chi connectivity index (χ0v) is 11.6. The van der Waals surface area contributed by atoms with E-state index in [0.29, 0.717) is 17.7 Å². The molecule has 0 radical (unpaired) electrons. The second-order valence-corrected chi connectivity index (χ2v) is 7.16. The van der Waals surface area contributed by atoms with Gasteiger partial charge in [-0.2, -0.15) is 0 Å². The van der Waals surface area contributed by atoms with Crippen LogP contribution in [0.1, 0.15) is 61.8 Å². The summed E-state index contributed by atoms with van der Waals surface area (Å²) < 4.78 is 0. The molecule has 1 N–H and O–H groups in total. The molecule has 4 rings (SSSR count). The predicted molar refractivity (Wildman–Crippen MR) is 71.9 cm³/mol. The lowest BCUT2D eigenvalue weighted by atomic mass is 9.72. The fraction of sp³-hybridized carbons (Fsp3) is 0.733. The lowest BCUT2D eigenvalue weighted by Crippen LogP contribution is -2.64. The van der Waals surface area contributed by atoms with Gasteiger partial charge in [0.1, 0.15) is 11.5 Å². The van der Waals surface area contributed by atoms with Gasteiger partial charge in [-0.25, -0.2) is 4.98 Å². The van der Waals surface area contributed by atoms with Crippen LogP contribution in [-0.2, 0) is 0 Å². The van der Waals surface area contributed by atoms with Gasteiger partial charge >= 0.3 is 0 Å². The van der Waals surface area contributed by atoms with E-state index in [1.807, 2.05) is 0 Å². The summed E-state index contributed by atoms with van der Waals surface area (Å²) in [6.07, 6.45) is 6.72. The van der Waals surface area contributed by atoms with Gasteiger partial charge in [-0.05, 0) is 31.6 Å². The smallest absolute Gasteiger partial charge is 0.272 e. The molecule has 102 valence electrons. The van der Waals surface area contributed by atoms with Gasteiger partial charge in [0.2, 0.25) is 0 Å². The minimum Gasteiger partial charge on any atom is -0.338 e. The molecule has 19 heavy (non-hydrogen) atoms. The van der Waals surface area contributed by atoms with Crippen LogP contribution in [0.3, 0.4) is 0 Å². The van der Waals surface area contributed by atoms with Crippen molar-refractivity contribution in [2.24, 2.45) is 11.3 Å². The Morgan fingerprint density at radius 2 is 2.11 bits per heavy atom. The van der Waals surface area contributed by atoms with Crippen molar-refractivity contribution in [2.45, 2.75) is 51.5 Å². The third-order valence-corrected chi connectivity index (χ3v) is 4.83. The SMILES string of the molecule is CC1(C)CN(C(=O)c2cnc(C3CC3)[nH]2)C1C1CC1. The fourth-order valence-electron chi connectivity index (χ4n) is 3.61. The Bertz CT molecular complexity index is 525. The molecule has 2 saturated carbocycles. The Hall–Kier alpha value is -1.32. The van der Waals surface area contributed by atoms with Crippen LogP contribution >= 0.6 is 0 Å². The van der Waals surface area contributed by atoms with E-state index in [2.05, 4.69) is 28.7 Å². The molecule has 2 heterocycles.